The lowest BCUT2D eigenvalue weighted by atomic mass is 10.1. The van der Waals surface area contributed by atoms with E-state index in [-0.39, 0.29) is 0 Å². The number of carbonyl (C=O) groups is 1. The van der Waals surface area contributed by atoms with Gasteiger partial charge in [0.05, 0.1) is 16.6 Å². The van der Waals surface area contributed by atoms with Crippen molar-refractivity contribution in [1.82, 2.24) is 0 Å². The molecule has 2 aromatic rings. The molecule has 1 atom stereocenters. The van der Waals surface area contributed by atoms with Crippen LogP contribution in [0.1, 0.15) is 15.9 Å². The van der Waals surface area contributed by atoms with Crippen molar-refractivity contribution in [3.63, 3.8) is 0 Å². The van der Waals surface area contributed by atoms with Gasteiger partial charge in [0.2, 0.25) is 5.91 Å². The van der Waals surface area contributed by atoms with Gasteiger partial charge in [-0.15, -0.1) is 0 Å². The van der Waals surface area contributed by atoms with Crippen LogP contribution in [0.2, 0.25) is 0 Å². The molecule has 0 fully saturated rings. The highest BCUT2D eigenvalue weighted by Gasteiger charge is 2.07. The van der Waals surface area contributed by atoms with Crippen LogP contribution in [0.3, 0.4) is 0 Å². The number of hydrogen-bond acceptors (Lipinski definition) is 3. The molecule has 19 heavy (non-hydrogen) atoms. The van der Waals surface area contributed by atoms with Crippen molar-refractivity contribution in [2.45, 2.75) is 10.6 Å². The predicted octanol–water partition coefficient (Wildman–Crippen LogP) is 1.68. The Balaban J connectivity index is 2.19. The number of primary amides is 1. The summed E-state index contributed by atoms with van der Waals surface area (Å²) in [6.07, 6.45) is 0. The third-order valence-electron chi connectivity index (χ3n) is 2.63. The van der Waals surface area contributed by atoms with E-state index < -0.39 is 16.7 Å². The van der Waals surface area contributed by atoms with Crippen LogP contribution in [0, 0.1) is 0 Å². The first-order valence-corrected chi connectivity index (χ1v) is 7.01. The summed E-state index contributed by atoms with van der Waals surface area (Å²) in [7, 11) is -1.20. The van der Waals surface area contributed by atoms with Gasteiger partial charge in [-0.05, 0) is 35.9 Å². The van der Waals surface area contributed by atoms with Crippen molar-refractivity contribution in [1.29, 1.82) is 0 Å². The lowest BCUT2D eigenvalue weighted by molar-refractivity contribution is 0.1000. The zero-order chi connectivity index (χ0) is 13.8. The molecule has 0 heterocycles. The molecule has 4 nitrogen and oxygen atoms in total. The van der Waals surface area contributed by atoms with Crippen molar-refractivity contribution in [2.24, 2.45) is 5.73 Å². The number of nitrogens with two attached hydrogens (primary N) is 2. The first-order chi connectivity index (χ1) is 9.06. The summed E-state index contributed by atoms with van der Waals surface area (Å²) >= 11 is 0. The largest absolute Gasteiger partial charge is 0.399 e. The van der Waals surface area contributed by atoms with Crippen LogP contribution < -0.4 is 11.5 Å². The van der Waals surface area contributed by atoms with E-state index >= 15 is 0 Å². The molecule has 0 bridgehead atoms. The predicted molar refractivity (Wildman–Crippen MR) is 75.9 cm³/mol. The summed E-state index contributed by atoms with van der Waals surface area (Å²) in [6.45, 7) is 0. The minimum atomic E-state index is -1.20. The Morgan fingerprint density at radius 2 is 1.84 bits per heavy atom. The molecule has 4 N–H and O–H groups in total. The van der Waals surface area contributed by atoms with Gasteiger partial charge in [-0.1, -0.05) is 18.2 Å². The summed E-state index contributed by atoms with van der Waals surface area (Å²) in [5, 5.41) is 0. The molecule has 0 spiro atoms. The second-order valence-electron chi connectivity index (χ2n) is 4.13. The van der Waals surface area contributed by atoms with Crippen LogP contribution in [0.25, 0.3) is 0 Å². The van der Waals surface area contributed by atoms with Crippen molar-refractivity contribution >= 4 is 22.4 Å². The maximum Gasteiger partial charge on any atom is 0.248 e. The second-order valence-corrected chi connectivity index (χ2v) is 5.58. The summed E-state index contributed by atoms with van der Waals surface area (Å²) in [6, 6.07) is 13.8. The van der Waals surface area contributed by atoms with Gasteiger partial charge in [-0.25, -0.2) is 0 Å². The summed E-state index contributed by atoms with van der Waals surface area (Å²) in [4.78, 5) is 11.8. The molecule has 2 rings (SSSR count). The number of anilines is 1. The van der Waals surface area contributed by atoms with E-state index in [1.54, 1.807) is 42.5 Å². The lowest BCUT2D eigenvalue weighted by Gasteiger charge is -2.05. The highest BCUT2D eigenvalue weighted by molar-refractivity contribution is 7.84. The fraction of sp³-hybridized carbons (Fsp3) is 0.0714. The molecule has 0 aliphatic heterocycles. The summed E-state index contributed by atoms with van der Waals surface area (Å²) in [5.74, 6) is -0.165. The van der Waals surface area contributed by atoms with Crippen LogP contribution >= 0.6 is 0 Å². The zero-order valence-corrected chi connectivity index (χ0v) is 11.0. The van der Waals surface area contributed by atoms with Gasteiger partial charge in [-0.3, -0.25) is 9.00 Å². The first-order valence-electron chi connectivity index (χ1n) is 5.69. The van der Waals surface area contributed by atoms with Crippen LogP contribution in [-0.2, 0) is 16.6 Å². The Bertz CT molecular complexity index is 641. The molecule has 5 heteroatoms. The zero-order valence-electron chi connectivity index (χ0n) is 10.2. The number of hydrogen-bond donors (Lipinski definition) is 2. The Morgan fingerprint density at radius 3 is 2.53 bits per heavy atom. The summed E-state index contributed by atoms with van der Waals surface area (Å²) < 4.78 is 12.2. The maximum absolute atomic E-state index is 12.2. The van der Waals surface area contributed by atoms with Crippen LogP contribution in [0.15, 0.2) is 53.4 Å². The summed E-state index contributed by atoms with van der Waals surface area (Å²) in [5.41, 5.74) is 12.7. The third-order valence-corrected chi connectivity index (χ3v) is 4.01. The average molecular weight is 274 g/mol. The van der Waals surface area contributed by atoms with Crippen LogP contribution in [0.4, 0.5) is 5.69 Å². The van der Waals surface area contributed by atoms with E-state index in [1.165, 1.54) is 0 Å². The third kappa shape index (κ3) is 3.42. The molecule has 0 radical (unpaired) electrons. The minimum absolute atomic E-state index is 0.324. The van der Waals surface area contributed by atoms with Crippen LogP contribution in [-0.4, -0.2) is 10.1 Å². The Hall–Kier alpha value is -2.14. The SMILES string of the molecule is NC(=O)c1cccc(CS(=O)c2cccc(N)c2)c1. The lowest BCUT2D eigenvalue weighted by Crippen LogP contribution is -2.11. The monoisotopic (exact) mass is 274 g/mol. The number of rotatable bonds is 4. The van der Waals surface area contributed by atoms with Gasteiger partial charge in [0.1, 0.15) is 0 Å². The van der Waals surface area contributed by atoms with Crippen LogP contribution in [0.5, 0.6) is 0 Å². The van der Waals surface area contributed by atoms with Gasteiger partial charge in [0.25, 0.3) is 0 Å². The smallest absolute Gasteiger partial charge is 0.248 e. The van der Waals surface area contributed by atoms with E-state index in [4.69, 9.17) is 11.5 Å². The molecule has 0 saturated heterocycles. The first kappa shape index (κ1) is 13.3. The number of benzene rings is 2. The normalized spacial score (nSPS) is 12.0. The average Bonchev–Trinajstić information content (AvgIpc) is 2.39. The number of nitrogen functional groups attached to an aromatic ring is 1. The van der Waals surface area contributed by atoms with Crippen molar-refractivity contribution in [3.05, 3.63) is 59.7 Å². The molecular weight excluding hydrogens is 260 g/mol. The minimum Gasteiger partial charge on any atom is -0.399 e. The van der Waals surface area contributed by atoms with Crippen molar-refractivity contribution in [2.75, 3.05) is 5.73 Å². The fourth-order valence-electron chi connectivity index (χ4n) is 1.71. The topological polar surface area (TPSA) is 86.2 Å². The molecule has 0 aliphatic rings. The van der Waals surface area contributed by atoms with Gasteiger partial charge in [-0.2, -0.15) is 0 Å². The second kappa shape index (κ2) is 5.67. The Kier molecular flexibility index (Phi) is 3.97. The molecule has 1 unspecified atom stereocenters. The quantitative estimate of drug-likeness (QED) is 0.832. The van der Waals surface area contributed by atoms with E-state index in [9.17, 15) is 9.00 Å². The van der Waals surface area contributed by atoms with E-state index in [0.29, 0.717) is 21.9 Å². The highest BCUT2D eigenvalue weighted by atomic mass is 32.2. The van der Waals surface area contributed by atoms with Crippen molar-refractivity contribution in [3.8, 4) is 0 Å². The van der Waals surface area contributed by atoms with Gasteiger partial charge in [0.15, 0.2) is 0 Å². The van der Waals surface area contributed by atoms with Gasteiger partial charge >= 0.3 is 0 Å². The molecule has 0 saturated carbocycles. The molecule has 1 amide bonds. The van der Waals surface area contributed by atoms with Gasteiger partial charge < -0.3 is 11.5 Å². The van der Waals surface area contributed by atoms with Gasteiger partial charge in [0, 0.05) is 16.1 Å². The molecular formula is C14H14N2O2S. The molecule has 0 aliphatic carbocycles. The van der Waals surface area contributed by atoms with Crippen molar-refractivity contribution < 1.29 is 9.00 Å². The standard InChI is InChI=1S/C14H14N2O2S/c15-12-5-2-6-13(8-12)19(18)9-10-3-1-4-11(7-10)14(16)17/h1-8H,9,15H2,(H2,16,17). The van der Waals surface area contributed by atoms with E-state index in [1.807, 2.05) is 6.07 Å². The number of carbonyl (C=O) groups excluding carboxylic acids is 1. The Morgan fingerprint density at radius 1 is 1.11 bits per heavy atom. The Labute approximate surface area is 113 Å². The number of amides is 1. The highest BCUT2D eigenvalue weighted by Crippen LogP contribution is 2.15. The van der Waals surface area contributed by atoms with E-state index in [2.05, 4.69) is 0 Å². The maximum atomic E-state index is 12.2. The molecule has 98 valence electrons. The fourth-order valence-corrected chi connectivity index (χ4v) is 2.85. The molecule has 0 aromatic heterocycles. The van der Waals surface area contributed by atoms with E-state index in [0.717, 1.165) is 5.56 Å². The molecule has 2 aromatic carbocycles.